The van der Waals surface area contributed by atoms with E-state index in [2.05, 4.69) is 31.1 Å². The van der Waals surface area contributed by atoms with Gasteiger partial charge in [0.1, 0.15) is 0 Å². The molecule has 1 aliphatic carbocycles. The van der Waals surface area contributed by atoms with Crippen molar-refractivity contribution >= 4 is 11.8 Å². The third kappa shape index (κ3) is 2.91. The van der Waals surface area contributed by atoms with E-state index in [0.29, 0.717) is 11.5 Å². The summed E-state index contributed by atoms with van der Waals surface area (Å²) in [7, 11) is 2.19. The van der Waals surface area contributed by atoms with Crippen LogP contribution in [0, 0.1) is 11.3 Å². The molecule has 1 saturated carbocycles. The number of hydrogen-bond donors (Lipinski definition) is 1. The highest BCUT2D eigenvalue weighted by Gasteiger charge is 2.46. The molecule has 3 rings (SSSR count). The molecule has 1 spiro atoms. The van der Waals surface area contributed by atoms with Gasteiger partial charge in [-0.25, -0.2) is 0 Å². The molecule has 0 bridgehead atoms. The van der Waals surface area contributed by atoms with Crippen molar-refractivity contribution in [3.63, 3.8) is 0 Å². The Morgan fingerprint density at radius 2 is 1.85 bits per heavy atom. The Kier molecular flexibility index (Phi) is 4.69. The van der Waals surface area contributed by atoms with E-state index in [-0.39, 0.29) is 5.60 Å². The van der Waals surface area contributed by atoms with Gasteiger partial charge in [-0.15, -0.1) is 0 Å². The molecule has 0 aromatic carbocycles. The smallest absolute Gasteiger partial charge is 0.0701 e. The van der Waals surface area contributed by atoms with Crippen LogP contribution in [0.4, 0.5) is 0 Å². The highest BCUT2D eigenvalue weighted by atomic mass is 32.2. The average Bonchev–Trinajstić information content (AvgIpc) is 2.88. The summed E-state index contributed by atoms with van der Waals surface area (Å²) in [5.41, 5.74) is 0.763. The molecular weight excluding hydrogens is 266 g/mol. The molecule has 0 radical (unpaired) electrons. The second kappa shape index (κ2) is 6.18. The molecule has 1 N–H and O–H groups in total. The van der Waals surface area contributed by atoms with Gasteiger partial charge < -0.3 is 10.1 Å². The van der Waals surface area contributed by atoms with Crippen LogP contribution in [0.3, 0.4) is 0 Å². The molecule has 3 aliphatic rings. The van der Waals surface area contributed by atoms with Gasteiger partial charge in [-0.1, -0.05) is 19.8 Å². The van der Waals surface area contributed by atoms with E-state index in [4.69, 9.17) is 4.74 Å². The van der Waals surface area contributed by atoms with E-state index in [1.807, 2.05) is 0 Å². The summed E-state index contributed by atoms with van der Waals surface area (Å²) in [6, 6.07) is 0.695. The van der Waals surface area contributed by atoms with Gasteiger partial charge in [0.2, 0.25) is 0 Å². The van der Waals surface area contributed by atoms with E-state index in [9.17, 15) is 0 Å². The van der Waals surface area contributed by atoms with Crippen molar-refractivity contribution < 1.29 is 4.74 Å². The highest BCUT2D eigenvalue weighted by Crippen LogP contribution is 2.48. The summed E-state index contributed by atoms with van der Waals surface area (Å²) in [4.78, 5) is 0. The molecule has 0 aromatic heterocycles. The largest absolute Gasteiger partial charge is 0.375 e. The van der Waals surface area contributed by atoms with Gasteiger partial charge in [-0.2, -0.15) is 11.8 Å². The SMILES string of the molecule is CNC(C1CCOC2(CCSCC2)C1)C1(C)CCCC1. The molecule has 3 fully saturated rings. The highest BCUT2D eigenvalue weighted by molar-refractivity contribution is 7.99. The van der Waals surface area contributed by atoms with Gasteiger partial charge in [-0.05, 0) is 68.4 Å². The van der Waals surface area contributed by atoms with Gasteiger partial charge >= 0.3 is 0 Å². The van der Waals surface area contributed by atoms with Gasteiger partial charge in [-0.3, -0.25) is 0 Å². The first-order valence-electron chi connectivity index (χ1n) is 8.57. The van der Waals surface area contributed by atoms with Crippen LogP contribution in [0.5, 0.6) is 0 Å². The minimum Gasteiger partial charge on any atom is -0.375 e. The summed E-state index contributed by atoms with van der Waals surface area (Å²) >= 11 is 2.11. The van der Waals surface area contributed by atoms with Crippen molar-refractivity contribution in [1.29, 1.82) is 0 Å². The molecular formula is C17H31NOS. The van der Waals surface area contributed by atoms with Crippen LogP contribution in [-0.4, -0.2) is 36.8 Å². The van der Waals surface area contributed by atoms with Gasteiger partial charge in [0, 0.05) is 12.6 Å². The summed E-state index contributed by atoms with van der Waals surface area (Å²) in [6.45, 7) is 3.52. The lowest BCUT2D eigenvalue weighted by Gasteiger charge is -2.48. The van der Waals surface area contributed by atoms with Crippen molar-refractivity contribution in [1.82, 2.24) is 5.32 Å². The maximum atomic E-state index is 6.29. The maximum absolute atomic E-state index is 6.29. The summed E-state index contributed by atoms with van der Waals surface area (Å²) in [6.07, 6.45) is 10.8. The predicted octanol–water partition coefficient (Wildman–Crippen LogP) is 3.85. The summed E-state index contributed by atoms with van der Waals surface area (Å²) < 4.78 is 6.29. The Labute approximate surface area is 128 Å². The Bertz CT molecular complexity index is 315. The van der Waals surface area contributed by atoms with Crippen LogP contribution in [0.25, 0.3) is 0 Å². The third-order valence-electron chi connectivity index (χ3n) is 6.21. The van der Waals surface area contributed by atoms with E-state index in [1.54, 1.807) is 0 Å². The molecule has 3 heteroatoms. The fourth-order valence-corrected chi connectivity index (χ4v) is 6.33. The Morgan fingerprint density at radius 1 is 1.15 bits per heavy atom. The topological polar surface area (TPSA) is 21.3 Å². The minimum atomic E-state index is 0.234. The molecule has 2 heterocycles. The minimum absolute atomic E-state index is 0.234. The molecule has 0 amide bonds. The van der Waals surface area contributed by atoms with Crippen LogP contribution in [0.1, 0.15) is 58.3 Å². The van der Waals surface area contributed by atoms with Crippen molar-refractivity contribution in [3.8, 4) is 0 Å². The lowest BCUT2D eigenvalue weighted by atomic mass is 9.69. The number of thioether (sulfide) groups is 1. The Balaban J connectivity index is 1.71. The van der Waals surface area contributed by atoms with Crippen LogP contribution in [0.15, 0.2) is 0 Å². The molecule has 2 nitrogen and oxygen atoms in total. The molecule has 116 valence electrons. The fraction of sp³-hybridized carbons (Fsp3) is 1.00. The molecule has 2 aliphatic heterocycles. The van der Waals surface area contributed by atoms with Gasteiger partial charge in [0.25, 0.3) is 0 Å². The number of rotatable bonds is 3. The predicted molar refractivity (Wildman–Crippen MR) is 87.4 cm³/mol. The zero-order chi connectivity index (χ0) is 14.1. The van der Waals surface area contributed by atoms with Crippen LogP contribution in [0.2, 0.25) is 0 Å². The monoisotopic (exact) mass is 297 g/mol. The van der Waals surface area contributed by atoms with Crippen LogP contribution < -0.4 is 5.32 Å². The molecule has 20 heavy (non-hydrogen) atoms. The second-order valence-corrected chi connectivity index (χ2v) is 8.75. The van der Waals surface area contributed by atoms with E-state index >= 15 is 0 Å². The molecule has 2 unspecified atom stereocenters. The molecule has 0 aromatic rings. The summed E-state index contributed by atoms with van der Waals surface area (Å²) in [5.74, 6) is 3.42. The zero-order valence-electron chi connectivity index (χ0n) is 13.2. The Hall–Kier alpha value is 0.270. The first-order valence-corrected chi connectivity index (χ1v) is 9.72. The zero-order valence-corrected chi connectivity index (χ0v) is 14.1. The Morgan fingerprint density at radius 3 is 2.50 bits per heavy atom. The van der Waals surface area contributed by atoms with E-state index in [0.717, 1.165) is 12.5 Å². The fourth-order valence-electron chi connectivity index (χ4n) is 5.09. The first kappa shape index (κ1) is 15.2. The van der Waals surface area contributed by atoms with E-state index < -0.39 is 0 Å². The number of ether oxygens (including phenoxy) is 1. The second-order valence-electron chi connectivity index (χ2n) is 7.52. The maximum Gasteiger partial charge on any atom is 0.0701 e. The molecule has 2 atom stereocenters. The van der Waals surface area contributed by atoms with Crippen LogP contribution >= 0.6 is 11.8 Å². The molecule has 2 saturated heterocycles. The van der Waals surface area contributed by atoms with Crippen molar-refractivity contribution in [3.05, 3.63) is 0 Å². The van der Waals surface area contributed by atoms with E-state index in [1.165, 1.54) is 62.9 Å². The van der Waals surface area contributed by atoms with Crippen LogP contribution in [-0.2, 0) is 4.74 Å². The van der Waals surface area contributed by atoms with Crippen molar-refractivity contribution in [2.75, 3.05) is 25.2 Å². The van der Waals surface area contributed by atoms with Crippen molar-refractivity contribution in [2.45, 2.75) is 69.9 Å². The first-order chi connectivity index (χ1) is 9.68. The standard InChI is InChI=1S/C17H31NOS/c1-16(6-3-4-7-16)15(18-2)14-5-10-19-17(13-14)8-11-20-12-9-17/h14-15,18H,3-13H2,1-2H3. The lowest BCUT2D eigenvalue weighted by Crippen LogP contribution is -2.52. The van der Waals surface area contributed by atoms with Gasteiger partial charge in [0.15, 0.2) is 0 Å². The quantitative estimate of drug-likeness (QED) is 0.855. The van der Waals surface area contributed by atoms with Crippen molar-refractivity contribution in [2.24, 2.45) is 11.3 Å². The van der Waals surface area contributed by atoms with Gasteiger partial charge in [0.05, 0.1) is 5.60 Å². The normalized spacial score (nSPS) is 34.2. The number of hydrogen-bond acceptors (Lipinski definition) is 3. The summed E-state index contributed by atoms with van der Waals surface area (Å²) in [5, 5.41) is 3.72. The lowest BCUT2D eigenvalue weighted by molar-refractivity contribution is -0.113. The average molecular weight is 298 g/mol. The third-order valence-corrected chi connectivity index (χ3v) is 7.20. The number of nitrogens with one attached hydrogen (secondary N) is 1.